The van der Waals surface area contributed by atoms with Crippen LogP contribution in [0.2, 0.25) is 0 Å². The number of amides is 1. The summed E-state index contributed by atoms with van der Waals surface area (Å²) < 4.78 is 6.02. The van der Waals surface area contributed by atoms with Gasteiger partial charge in [0, 0.05) is 11.6 Å². The highest BCUT2D eigenvalue weighted by Crippen LogP contribution is 2.32. The van der Waals surface area contributed by atoms with Crippen molar-refractivity contribution >= 4 is 24.0 Å². The van der Waals surface area contributed by atoms with Gasteiger partial charge in [-0.2, -0.15) is 0 Å². The minimum absolute atomic E-state index is 0. The van der Waals surface area contributed by atoms with E-state index in [1.54, 1.807) is 0 Å². The monoisotopic (exact) mass is 352 g/mol. The summed E-state index contributed by atoms with van der Waals surface area (Å²) in [4.78, 5) is 12.4. The lowest BCUT2D eigenvalue weighted by atomic mass is 9.95. The van der Waals surface area contributed by atoms with E-state index >= 15 is 0 Å². The van der Waals surface area contributed by atoms with Crippen molar-refractivity contribution in [2.75, 3.05) is 11.9 Å². The SMILES string of the molecule is Cl.NC[C@H]1CCC[C@H]1C(=O)Nc1ccc(OC2CCCCC2)cc1. The first-order valence-corrected chi connectivity index (χ1v) is 9.04. The van der Waals surface area contributed by atoms with Gasteiger partial charge in [0.25, 0.3) is 0 Å². The fourth-order valence-electron chi connectivity index (χ4n) is 3.89. The lowest BCUT2D eigenvalue weighted by Crippen LogP contribution is -2.29. The third kappa shape index (κ3) is 4.87. The van der Waals surface area contributed by atoms with Crippen LogP contribution in [-0.4, -0.2) is 18.6 Å². The quantitative estimate of drug-likeness (QED) is 0.837. The number of nitrogens with two attached hydrogens (primary N) is 1. The summed E-state index contributed by atoms with van der Waals surface area (Å²) in [6.07, 6.45) is 9.66. The molecule has 3 N–H and O–H groups in total. The Labute approximate surface area is 150 Å². The van der Waals surface area contributed by atoms with Crippen molar-refractivity contribution in [3.8, 4) is 5.75 Å². The molecule has 0 aliphatic heterocycles. The van der Waals surface area contributed by atoms with Crippen LogP contribution < -0.4 is 15.8 Å². The van der Waals surface area contributed by atoms with Crippen LogP contribution in [0.4, 0.5) is 5.69 Å². The van der Waals surface area contributed by atoms with E-state index in [9.17, 15) is 4.79 Å². The fourth-order valence-corrected chi connectivity index (χ4v) is 3.89. The number of hydrogen-bond acceptors (Lipinski definition) is 3. The predicted octanol–water partition coefficient (Wildman–Crippen LogP) is 4.13. The summed E-state index contributed by atoms with van der Waals surface area (Å²) in [6, 6.07) is 7.78. The molecule has 2 saturated carbocycles. The first kappa shape index (κ1) is 19.1. The van der Waals surface area contributed by atoms with Gasteiger partial charge in [-0.15, -0.1) is 12.4 Å². The van der Waals surface area contributed by atoms with E-state index in [1.807, 2.05) is 24.3 Å². The molecule has 0 heterocycles. The molecule has 2 fully saturated rings. The number of halogens is 1. The van der Waals surface area contributed by atoms with Gasteiger partial charge in [0.1, 0.15) is 5.75 Å². The lowest BCUT2D eigenvalue weighted by molar-refractivity contribution is -0.120. The van der Waals surface area contributed by atoms with Gasteiger partial charge in [-0.3, -0.25) is 4.79 Å². The van der Waals surface area contributed by atoms with Gasteiger partial charge in [0.05, 0.1) is 6.10 Å². The van der Waals surface area contributed by atoms with E-state index in [-0.39, 0.29) is 24.2 Å². The highest BCUT2D eigenvalue weighted by molar-refractivity contribution is 5.93. The molecule has 134 valence electrons. The second-order valence-electron chi connectivity index (χ2n) is 6.92. The Morgan fingerprint density at radius 3 is 2.42 bits per heavy atom. The standard InChI is InChI=1S/C19H28N2O2.ClH/c20-13-14-5-4-8-18(14)19(22)21-15-9-11-17(12-10-15)23-16-6-2-1-3-7-16;/h9-12,14,16,18H,1-8,13,20H2,(H,21,22);1H/t14-,18-;/m1./s1. The molecule has 1 amide bonds. The average Bonchev–Trinajstić information content (AvgIpc) is 3.06. The number of nitrogens with one attached hydrogen (secondary N) is 1. The van der Waals surface area contributed by atoms with Gasteiger partial charge < -0.3 is 15.8 Å². The minimum Gasteiger partial charge on any atom is -0.490 e. The van der Waals surface area contributed by atoms with E-state index in [0.717, 1.165) is 43.5 Å². The minimum atomic E-state index is 0. The van der Waals surface area contributed by atoms with Gasteiger partial charge in [0.2, 0.25) is 5.91 Å². The molecule has 2 aliphatic rings. The van der Waals surface area contributed by atoms with E-state index in [1.165, 1.54) is 19.3 Å². The smallest absolute Gasteiger partial charge is 0.227 e. The Hall–Kier alpha value is -1.26. The summed E-state index contributed by atoms with van der Waals surface area (Å²) in [5, 5.41) is 3.03. The van der Waals surface area contributed by atoms with Crippen LogP contribution in [0.1, 0.15) is 51.4 Å². The second kappa shape index (κ2) is 9.28. The van der Waals surface area contributed by atoms with Crippen LogP contribution in [0.25, 0.3) is 0 Å². The zero-order chi connectivity index (χ0) is 16.1. The zero-order valence-electron chi connectivity index (χ0n) is 14.2. The van der Waals surface area contributed by atoms with Crippen molar-refractivity contribution < 1.29 is 9.53 Å². The maximum absolute atomic E-state index is 12.4. The molecule has 0 aromatic heterocycles. The van der Waals surface area contributed by atoms with Crippen molar-refractivity contribution in [1.29, 1.82) is 0 Å². The summed E-state index contributed by atoms with van der Waals surface area (Å²) in [5.41, 5.74) is 6.61. The molecule has 0 saturated heterocycles. The van der Waals surface area contributed by atoms with Crippen molar-refractivity contribution in [3.63, 3.8) is 0 Å². The normalized spacial score (nSPS) is 24.2. The molecule has 0 bridgehead atoms. The van der Waals surface area contributed by atoms with Gasteiger partial charge in [-0.1, -0.05) is 12.8 Å². The van der Waals surface area contributed by atoms with Gasteiger partial charge >= 0.3 is 0 Å². The van der Waals surface area contributed by atoms with Crippen LogP contribution in [0.15, 0.2) is 24.3 Å². The molecular formula is C19H29ClN2O2. The van der Waals surface area contributed by atoms with Crippen LogP contribution in [0.5, 0.6) is 5.75 Å². The van der Waals surface area contributed by atoms with E-state index in [2.05, 4.69) is 5.32 Å². The maximum Gasteiger partial charge on any atom is 0.227 e. The maximum atomic E-state index is 12.4. The number of carbonyl (C=O) groups excluding carboxylic acids is 1. The highest BCUT2D eigenvalue weighted by atomic mass is 35.5. The Morgan fingerprint density at radius 2 is 1.75 bits per heavy atom. The Bertz CT molecular complexity index is 515. The molecular weight excluding hydrogens is 324 g/mol. The van der Waals surface area contributed by atoms with E-state index < -0.39 is 0 Å². The largest absolute Gasteiger partial charge is 0.490 e. The number of ether oxygens (including phenoxy) is 1. The van der Waals surface area contributed by atoms with Gasteiger partial charge in [0.15, 0.2) is 0 Å². The average molecular weight is 353 g/mol. The number of carbonyl (C=O) groups is 1. The molecule has 24 heavy (non-hydrogen) atoms. The van der Waals surface area contributed by atoms with Crippen LogP contribution in [0, 0.1) is 11.8 Å². The number of anilines is 1. The summed E-state index contributed by atoms with van der Waals surface area (Å²) >= 11 is 0. The third-order valence-corrected chi connectivity index (χ3v) is 5.28. The molecule has 2 atom stereocenters. The fraction of sp³-hybridized carbons (Fsp3) is 0.632. The molecule has 1 aromatic carbocycles. The van der Waals surface area contributed by atoms with Crippen LogP contribution in [-0.2, 0) is 4.79 Å². The molecule has 0 unspecified atom stereocenters. The van der Waals surface area contributed by atoms with Crippen molar-refractivity contribution in [2.45, 2.75) is 57.5 Å². The molecule has 1 aromatic rings. The van der Waals surface area contributed by atoms with E-state index in [0.29, 0.717) is 18.6 Å². The Balaban J connectivity index is 0.00000208. The number of hydrogen-bond donors (Lipinski definition) is 2. The van der Waals surface area contributed by atoms with Crippen LogP contribution >= 0.6 is 12.4 Å². The summed E-state index contributed by atoms with van der Waals surface area (Å²) in [5.74, 6) is 1.41. The van der Waals surface area contributed by atoms with Crippen molar-refractivity contribution in [3.05, 3.63) is 24.3 Å². The Morgan fingerprint density at radius 1 is 1.04 bits per heavy atom. The molecule has 0 spiro atoms. The zero-order valence-corrected chi connectivity index (χ0v) is 15.0. The summed E-state index contributed by atoms with van der Waals surface area (Å²) in [6.45, 7) is 0.603. The second-order valence-corrected chi connectivity index (χ2v) is 6.92. The lowest BCUT2D eigenvalue weighted by Gasteiger charge is -2.23. The van der Waals surface area contributed by atoms with Crippen LogP contribution in [0.3, 0.4) is 0 Å². The molecule has 4 nitrogen and oxygen atoms in total. The molecule has 2 aliphatic carbocycles. The molecule has 3 rings (SSSR count). The number of benzene rings is 1. The van der Waals surface area contributed by atoms with Gasteiger partial charge in [-0.05, 0) is 75.3 Å². The first-order chi connectivity index (χ1) is 11.3. The topological polar surface area (TPSA) is 64.4 Å². The van der Waals surface area contributed by atoms with E-state index in [4.69, 9.17) is 10.5 Å². The van der Waals surface area contributed by atoms with Crippen molar-refractivity contribution in [2.24, 2.45) is 17.6 Å². The Kier molecular flexibility index (Phi) is 7.38. The number of rotatable bonds is 5. The van der Waals surface area contributed by atoms with Crippen molar-refractivity contribution in [1.82, 2.24) is 0 Å². The summed E-state index contributed by atoms with van der Waals surface area (Å²) in [7, 11) is 0. The highest BCUT2D eigenvalue weighted by Gasteiger charge is 2.31. The first-order valence-electron chi connectivity index (χ1n) is 9.04. The predicted molar refractivity (Wildman–Crippen MR) is 99.7 cm³/mol. The third-order valence-electron chi connectivity index (χ3n) is 5.28. The molecule has 5 heteroatoms. The van der Waals surface area contributed by atoms with Gasteiger partial charge in [-0.25, -0.2) is 0 Å². The molecule has 0 radical (unpaired) electrons.